The molecule has 5 heteroatoms. The zero-order chi connectivity index (χ0) is 15.5. The number of ether oxygens (including phenoxy) is 1. The molecule has 2 aromatic carbocycles. The van der Waals surface area contributed by atoms with Gasteiger partial charge in [-0.1, -0.05) is 30.0 Å². The summed E-state index contributed by atoms with van der Waals surface area (Å²) in [6, 6.07) is 16.4. The lowest BCUT2D eigenvalue weighted by molar-refractivity contribution is 0.0698. The Kier molecular flexibility index (Phi) is 3.98. The second-order valence-corrected chi connectivity index (χ2v) is 5.70. The van der Waals surface area contributed by atoms with E-state index in [9.17, 15) is 9.90 Å². The van der Waals surface area contributed by atoms with Gasteiger partial charge in [0, 0.05) is 10.3 Å². The molecule has 0 bridgehead atoms. The van der Waals surface area contributed by atoms with Crippen molar-refractivity contribution in [3.63, 3.8) is 0 Å². The van der Waals surface area contributed by atoms with Crippen molar-refractivity contribution in [2.24, 2.45) is 0 Å². The highest BCUT2D eigenvalue weighted by molar-refractivity contribution is 7.99. The van der Waals surface area contributed by atoms with Crippen molar-refractivity contribution in [1.82, 2.24) is 4.98 Å². The maximum Gasteiger partial charge on any atom is 0.336 e. The third-order valence-electron chi connectivity index (χ3n) is 3.20. The summed E-state index contributed by atoms with van der Waals surface area (Å²) in [6.45, 7) is 0. The highest BCUT2D eigenvalue weighted by Gasteiger charge is 2.12. The molecule has 0 aliphatic heterocycles. The number of pyridine rings is 1. The number of para-hydroxylation sites is 1. The Labute approximate surface area is 131 Å². The summed E-state index contributed by atoms with van der Waals surface area (Å²) in [5, 5.41) is 10.7. The second-order valence-electron chi connectivity index (χ2n) is 4.61. The molecule has 4 nitrogen and oxygen atoms in total. The molecule has 1 heterocycles. The van der Waals surface area contributed by atoms with Crippen molar-refractivity contribution in [3.05, 3.63) is 60.2 Å². The molecule has 0 aliphatic rings. The Hall–Kier alpha value is -2.53. The minimum atomic E-state index is -0.949. The van der Waals surface area contributed by atoms with E-state index in [1.54, 1.807) is 19.2 Å². The van der Waals surface area contributed by atoms with Crippen LogP contribution in [0.3, 0.4) is 0 Å². The molecule has 0 saturated heterocycles. The van der Waals surface area contributed by atoms with Gasteiger partial charge in [0.05, 0.1) is 18.2 Å². The fourth-order valence-electron chi connectivity index (χ4n) is 2.14. The first-order valence-corrected chi connectivity index (χ1v) is 7.44. The number of carbonyl (C=O) groups is 1. The Morgan fingerprint density at radius 2 is 1.86 bits per heavy atom. The van der Waals surface area contributed by atoms with Gasteiger partial charge in [-0.25, -0.2) is 9.78 Å². The van der Waals surface area contributed by atoms with Gasteiger partial charge in [0.15, 0.2) is 0 Å². The molecule has 110 valence electrons. The van der Waals surface area contributed by atoms with Gasteiger partial charge in [0.1, 0.15) is 10.8 Å². The van der Waals surface area contributed by atoms with Crippen molar-refractivity contribution in [2.75, 3.05) is 7.11 Å². The van der Waals surface area contributed by atoms with Crippen LogP contribution in [0.2, 0.25) is 0 Å². The number of aromatic carboxylic acids is 1. The average Bonchev–Trinajstić information content (AvgIpc) is 2.54. The first-order chi connectivity index (χ1) is 10.7. The predicted molar refractivity (Wildman–Crippen MR) is 85.8 cm³/mol. The van der Waals surface area contributed by atoms with E-state index in [0.29, 0.717) is 15.9 Å². The van der Waals surface area contributed by atoms with Crippen LogP contribution in [0.15, 0.2) is 64.5 Å². The van der Waals surface area contributed by atoms with Gasteiger partial charge in [0.2, 0.25) is 0 Å². The Morgan fingerprint density at radius 1 is 1.14 bits per heavy atom. The van der Waals surface area contributed by atoms with Gasteiger partial charge in [-0.3, -0.25) is 0 Å². The van der Waals surface area contributed by atoms with Crippen molar-refractivity contribution < 1.29 is 14.6 Å². The minimum absolute atomic E-state index is 0.265. The standard InChI is InChI=1S/C17H13NO3S/c1-21-11-6-8-12(9-7-11)22-16-10-14(17(19)20)13-4-2-3-5-15(13)18-16/h2-10H,1H3,(H,19,20). The largest absolute Gasteiger partial charge is 0.497 e. The molecule has 0 radical (unpaired) electrons. The first-order valence-electron chi connectivity index (χ1n) is 6.62. The summed E-state index contributed by atoms with van der Waals surface area (Å²) in [4.78, 5) is 16.9. The van der Waals surface area contributed by atoms with Gasteiger partial charge >= 0.3 is 5.97 Å². The van der Waals surface area contributed by atoms with Gasteiger partial charge in [0.25, 0.3) is 0 Å². The lowest BCUT2D eigenvalue weighted by atomic mass is 10.1. The molecule has 22 heavy (non-hydrogen) atoms. The fourth-order valence-corrected chi connectivity index (χ4v) is 2.98. The number of rotatable bonds is 4. The monoisotopic (exact) mass is 311 g/mol. The van der Waals surface area contributed by atoms with E-state index in [1.165, 1.54) is 11.8 Å². The van der Waals surface area contributed by atoms with E-state index >= 15 is 0 Å². The number of hydrogen-bond acceptors (Lipinski definition) is 4. The maximum atomic E-state index is 11.4. The van der Waals surface area contributed by atoms with Crippen molar-refractivity contribution in [3.8, 4) is 5.75 Å². The van der Waals surface area contributed by atoms with Crippen LogP contribution in [-0.4, -0.2) is 23.2 Å². The van der Waals surface area contributed by atoms with Crippen LogP contribution in [0.25, 0.3) is 10.9 Å². The Morgan fingerprint density at radius 3 is 2.55 bits per heavy atom. The number of aromatic nitrogens is 1. The molecular weight excluding hydrogens is 298 g/mol. The average molecular weight is 311 g/mol. The summed E-state index contributed by atoms with van der Waals surface area (Å²) in [7, 11) is 1.62. The molecule has 1 N–H and O–H groups in total. The molecule has 0 unspecified atom stereocenters. The highest BCUT2D eigenvalue weighted by atomic mass is 32.2. The quantitative estimate of drug-likeness (QED) is 0.786. The van der Waals surface area contributed by atoms with Gasteiger partial charge in [-0.2, -0.15) is 0 Å². The Balaban J connectivity index is 2.01. The van der Waals surface area contributed by atoms with Crippen molar-refractivity contribution in [1.29, 1.82) is 0 Å². The molecule has 1 aromatic heterocycles. The molecule has 0 spiro atoms. The van der Waals surface area contributed by atoms with Gasteiger partial charge < -0.3 is 9.84 Å². The number of carboxylic acids is 1. The number of hydrogen-bond donors (Lipinski definition) is 1. The minimum Gasteiger partial charge on any atom is -0.497 e. The van der Waals surface area contributed by atoms with Crippen LogP contribution >= 0.6 is 11.8 Å². The number of methoxy groups -OCH3 is 1. The van der Waals surface area contributed by atoms with Crippen LogP contribution in [0, 0.1) is 0 Å². The van der Waals surface area contributed by atoms with Crippen molar-refractivity contribution in [2.45, 2.75) is 9.92 Å². The SMILES string of the molecule is COc1ccc(Sc2cc(C(=O)O)c3ccccc3n2)cc1. The number of fused-ring (bicyclic) bond motifs is 1. The van der Waals surface area contributed by atoms with E-state index in [1.807, 2.05) is 42.5 Å². The van der Waals surface area contributed by atoms with E-state index in [2.05, 4.69) is 4.98 Å². The van der Waals surface area contributed by atoms with Crippen molar-refractivity contribution >= 4 is 28.6 Å². The smallest absolute Gasteiger partial charge is 0.336 e. The Bertz CT molecular complexity index is 831. The second kappa shape index (κ2) is 6.07. The molecular formula is C17H13NO3S. The number of nitrogens with zero attached hydrogens (tertiary/aromatic N) is 1. The molecule has 3 rings (SSSR count). The topological polar surface area (TPSA) is 59.4 Å². The third kappa shape index (κ3) is 2.89. The lowest BCUT2D eigenvalue weighted by Gasteiger charge is -2.07. The van der Waals surface area contributed by atoms with Crippen LogP contribution in [-0.2, 0) is 0 Å². The molecule has 0 fully saturated rings. The van der Waals surface area contributed by atoms with E-state index in [0.717, 1.165) is 10.6 Å². The normalized spacial score (nSPS) is 10.6. The van der Waals surface area contributed by atoms with Crippen LogP contribution in [0.1, 0.15) is 10.4 Å². The molecule has 0 atom stereocenters. The summed E-state index contributed by atoms with van der Waals surface area (Å²) in [5.74, 6) is -0.169. The lowest BCUT2D eigenvalue weighted by Crippen LogP contribution is -1.99. The first kappa shape index (κ1) is 14.4. The van der Waals surface area contributed by atoms with Crippen LogP contribution in [0.5, 0.6) is 5.75 Å². The molecule has 0 aliphatic carbocycles. The zero-order valence-corrected chi connectivity index (χ0v) is 12.6. The summed E-state index contributed by atoms with van der Waals surface area (Å²) in [5.41, 5.74) is 0.944. The third-order valence-corrected chi connectivity index (χ3v) is 4.13. The summed E-state index contributed by atoms with van der Waals surface area (Å²) >= 11 is 1.42. The summed E-state index contributed by atoms with van der Waals surface area (Å²) in [6.07, 6.45) is 0. The number of carboxylic acid groups (broad SMARTS) is 1. The number of benzene rings is 2. The van der Waals surface area contributed by atoms with Gasteiger partial charge in [-0.05, 0) is 36.4 Å². The van der Waals surface area contributed by atoms with E-state index in [4.69, 9.17) is 4.74 Å². The fraction of sp³-hybridized carbons (Fsp3) is 0.0588. The van der Waals surface area contributed by atoms with Gasteiger partial charge in [-0.15, -0.1) is 0 Å². The molecule has 3 aromatic rings. The van der Waals surface area contributed by atoms with Crippen LogP contribution in [0.4, 0.5) is 0 Å². The maximum absolute atomic E-state index is 11.4. The van der Waals surface area contributed by atoms with E-state index in [-0.39, 0.29) is 5.56 Å². The predicted octanol–water partition coefficient (Wildman–Crippen LogP) is 4.09. The molecule has 0 amide bonds. The molecule has 0 saturated carbocycles. The van der Waals surface area contributed by atoms with Crippen LogP contribution < -0.4 is 4.74 Å². The summed E-state index contributed by atoms with van der Waals surface area (Å²) < 4.78 is 5.13. The van der Waals surface area contributed by atoms with E-state index < -0.39 is 5.97 Å². The highest BCUT2D eigenvalue weighted by Crippen LogP contribution is 2.30. The zero-order valence-electron chi connectivity index (χ0n) is 11.8.